The fourth-order valence-corrected chi connectivity index (χ4v) is 9.12. The molecule has 2 amide bonds. The zero-order chi connectivity index (χ0) is 40.2. The molecular formula is C40H57FN4O7SSi. The minimum absolute atomic E-state index is 0.0101. The second kappa shape index (κ2) is 14.8. The summed E-state index contributed by atoms with van der Waals surface area (Å²) in [6.07, 6.45) is 2.89. The van der Waals surface area contributed by atoms with Gasteiger partial charge in [0.25, 0.3) is 11.5 Å². The van der Waals surface area contributed by atoms with Gasteiger partial charge in [0.15, 0.2) is 8.32 Å². The van der Waals surface area contributed by atoms with Gasteiger partial charge >= 0.3 is 6.09 Å². The number of carbonyl (C=O) groups excluding carboxylic acids is 2. The minimum atomic E-state index is -4.25. The number of nitrogens with one attached hydrogen (secondary N) is 2. The number of halogens is 1. The molecule has 14 heteroatoms. The first-order chi connectivity index (χ1) is 24.8. The summed E-state index contributed by atoms with van der Waals surface area (Å²) in [5, 5.41) is 6.03. The van der Waals surface area contributed by atoms with E-state index in [0.717, 1.165) is 12.8 Å². The van der Waals surface area contributed by atoms with Crippen LogP contribution in [0.3, 0.4) is 0 Å². The number of nitrogens with zero attached hydrogens (tertiary/aromatic N) is 2. The van der Waals surface area contributed by atoms with Crippen LogP contribution in [0.25, 0.3) is 21.9 Å². The minimum Gasteiger partial charge on any atom is -0.444 e. The molecule has 5 rings (SSSR count). The van der Waals surface area contributed by atoms with Gasteiger partial charge < -0.3 is 24.4 Å². The fourth-order valence-electron chi connectivity index (χ4n) is 6.23. The first-order valence-corrected chi connectivity index (χ1v) is 23.1. The maximum atomic E-state index is 15.3. The number of pyridine rings is 1. The molecule has 0 unspecified atom stereocenters. The van der Waals surface area contributed by atoms with E-state index in [-0.39, 0.29) is 69.0 Å². The maximum Gasteiger partial charge on any atom is 0.407 e. The molecule has 1 saturated carbocycles. The van der Waals surface area contributed by atoms with Crippen molar-refractivity contribution < 1.29 is 31.6 Å². The van der Waals surface area contributed by atoms with Gasteiger partial charge in [-0.3, -0.25) is 9.59 Å². The number of fused-ring (bicyclic) bond motifs is 1. The topological polar surface area (TPSA) is 136 Å². The highest BCUT2D eigenvalue weighted by Gasteiger charge is 2.39. The molecule has 2 fully saturated rings. The van der Waals surface area contributed by atoms with Crippen LogP contribution in [0.4, 0.5) is 9.18 Å². The molecule has 54 heavy (non-hydrogen) atoms. The van der Waals surface area contributed by atoms with Gasteiger partial charge in [0.05, 0.1) is 0 Å². The summed E-state index contributed by atoms with van der Waals surface area (Å²) in [4.78, 5) is 39.6. The zero-order valence-electron chi connectivity index (χ0n) is 33.6. The van der Waals surface area contributed by atoms with Crippen molar-refractivity contribution in [2.24, 2.45) is 5.41 Å². The third kappa shape index (κ3) is 9.43. The van der Waals surface area contributed by atoms with E-state index in [1.165, 1.54) is 21.1 Å². The number of carbonyl (C=O) groups is 2. The molecular weight excluding hydrogens is 728 g/mol. The molecule has 0 spiro atoms. The average Bonchev–Trinajstić information content (AvgIpc) is 3.73. The molecule has 3 aromatic rings. The molecule has 296 valence electrons. The number of hydrogen-bond donors (Lipinski definition) is 2. The van der Waals surface area contributed by atoms with Crippen molar-refractivity contribution in [1.29, 1.82) is 0 Å². The van der Waals surface area contributed by atoms with Gasteiger partial charge in [-0.25, -0.2) is 17.6 Å². The van der Waals surface area contributed by atoms with Crippen molar-refractivity contribution in [3.05, 3.63) is 63.8 Å². The van der Waals surface area contributed by atoms with Gasteiger partial charge in [-0.15, -0.1) is 0 Å². The number of sulfonamides is 1. The summed E-state index contributed by atoms with van der Waals surface area (Å²) in [6.45, 7) is 22.3. The predicted octanol–water partition coefficient (Wildman–Crippen LogP) is 7.34. The zero-order valence-corrected chi connectivity index (χ0v) is 35.4. The smallest absolute Gasteiger partial charge is 0.407 e. The Hall–Kier alpha value is -3.59. The van der Waals surface area contributed by atoms with Crippen molar-refractivity contribution in [3.8, 4) is 11.1 Å². The number of aromatic nitrogens is 1. The summed E-state index contributed by atoms with van der Waals surface area (Å²) >= 11 is 0. The molecule has 0 bridgehead atoms. The predicted molar refractivity (Wildman–Crippen MR) is 212 cm³/mol. The van der Waals surface area contributed by atoms with Gasteiger partial charge in [0.2, 0.25) is 10.0 Å². The largest absolute Gasteiger partial charge is 0.444 e. The van der Waals surface area contributed by atoms with Gasteiger partial charge in [0, 0.05) is 66.3 Å². The number of ether oxygens (including phenoxy) is 1. The van der Waals surface area contributed by atoms with E-state index in [9.17, 15) is 22.8 Å². The van der Waals surface area contributed by atoms with Crippen LogP contribution in [0.5, 0.6) is 0 Å². The number of benzene rings is 2. The SMILES string of the molecule is Cc1c(F)cc(C(=O)NC2CC2)cc1-c1ccc2c(=O)n(CC(C)(C)CO[Si](C)(C)C(C)(C)C)cc(S(=O)(=O)N3CC[C@H](NC(=O)OC(C)(C)C)C3)c2c1. The van der Waals surface area contributed by atoms with Crippen LogP contribution in [0.2, 0.25) is 18.1 Å². The Kier molecular flexibility index (Phi) is 11.4. The number of rotatable bonds is 11. The van der Waals surface area contributed by atoms with Crippen LogP contribution in [-0.4, -0.2) is 75.0 Å². The third-order valence-corrected chi connectivity index (χ3v) is 17.0. The highest BCUT2D eigenvalue weighted by atomic mass is 32.2. The van der Waals surface area contributed by atoms with E-state index in [4.69, 9.17) is 9.16 Å². The lowest BCUT2D eigenvalue weighted by molar-refractivity contribution is 0.0507. The summed E-state index contributed by atoms with van der Waals surface area (Å²) in [6, 6.07) is 7.24. The first kappa shape index (κ1) is 41.6. The Balaban J connectivity index is 1.58. The van der Waals surface area contributed by atoms with Crippen LogP contribution in [0, 0.1) is 18.2 Å². The van der Waals surface area contributed by atoms with Crippen molar-refractivity contribution in [3.63, 3.8) is 0 Å². The van der Waals surface area contributed by atoms with Gasteiger partial charge in [-0.2, -0.15) is 4.31 Å². The second-order valence-corrected chi connectivity index (χ2v) is 25.0. The molecule has 1 saturated heterocycles. The molecule has 1 aliphatic heterocycles. The molecule has 11 nitrogen and oxygen atoms in total. The number of amides is 2. The fraction of sp³-hybridized carbons (Fsp3) is 0.575. The van der Waals surface area contributed by atoms with Crippen LogP contribution < -0.4 is 16.2 Å². The first-order valence-electron chi connectivity index (χ1n) is 18.7. The van der Waals surface area contributed by atoms with E-state index in [0.29, 0.717) is 24.2 Å². The molecule has 2 N–H and O–H groups in total. The monoisotopic (exact) mass is 784 g/mol. The normalized spacial score (nSPS) is 17.5. The van der Waals surface area contributed by atoms with Crippen LogP contribution in [0.15, 0.2) is 46.2 Å². The third-order valence-electron chi connectivity index (χ3n) is 10.6. The molecule has 2 aliphatic rings. The molecule has 2 heterocycles. The summed E-state index contributed by atoms with van der Waals surface area (Å²) in [5.74, 6) is -0.951. The van der Waals surface area contributed by atoms with E-state index in [1.54, 1.807) is 52.0 Å². The molecule has 2 aromatic carbocycles. The standard InChI is InChI=1S/C40H57FN4O7SSi/c1-25-31(19-27(20-33(25)41)35(46)42-28-13-14-28)26-12-15-30-32(18-26)34(53(49,50)45-17-16-29(21-45)43-37(48)52-38(2,3)4)22-44(36(30)47)23-40(8,9)24-51-54(10,11)39(5,6)7/h12,15,18-20,22,28-29H,13-14,16-17,21,23-24H2,1-11H3,(H,42,46)(H,43,48)/t29-/m0/s1. The highest BCUT2D eigenvalue weighted by Crippen LogP contribution is 2.38. The van der Waals surface area contributed by atoms with Gasteiger partial charge in [-0.1, -0.05) is 40.7 Å². The Bertz CT molecular complexity index is 2110. The van der Waals surface area contributed by atoms with Crippen molar-refractivity contribution in [1.82, 2.24) is 19.5 Å². The van der Waals surface area contributed by atoms with Crippen molar-refractivity contribution >= 4 is 41.1 Å². The van der Waals surface area contributed by atoms with E-state index >= 15 is 4.39 Å². The number of hydrogen-bond acceptors (Lipinski definition) is 7. The Morgan fingerprint density at radius 1 is 0.944 bits per heavy atom. The van der Waals surface area contributed by atoms with Crippen LogP contribution >= 0.6 is 0 Å². The van der Waals surface area contributed by atoms with Gasteiger partial charge in [0.1, 0.15) is 16.3 Å². The molecule has 1 aromatic heterocycles. The Morgan fingerprint density at radius 3 is 2.22 bits per heavy atom. The number of alkyl carbamates (subject to hydrolysis) is 1. The quantitative estimate of drug-likeness (QED) is 0.194. The van der Waals surface area contributed by atoms with Crippen molar-refractivity contribution in [2.75, 3.05) is 19.7 Å². The summed E-state index contributed by atoms with van der Waals surface area (Å²) in [5.41, 5.74) is -0.313. The molecule has 0 radical (unpaired) electrons. The van der Waals surface area contributed by atoms with E-state index < -0.39 is 47.3 Å². The highest BCUT2D eigenvalue weighted by molar-refractivity contribution is 7.89. The average molecular weight is 785 g/mol. The van der Waals surface area contributed by atoms with Crippen LogP contribution in [0.1, 0.15) is 90.6 Å². The van der Waals surface area contributed by atoms with Gasteiger partial charge in [-0.05, 0) is 106 Å². The summed E-state index contributed by atoms with van der Waals surface area (Å²) < 4.78 is 59.4. The lowest BCUT2D eigenvalue weighted by Crippen LogP contribution is -2.44. The molecule has 1 atom stereocenters. The Morgan fingerprint density at radius 2 is 1.61 bits per heavy atom. The van der Waals surface area contributed by atoms with E-state index in [2.05, 4.69) is 44.5 Å². The Labute approximate surface area is 320 Å². The van der Waals surface area contributed by atoms with Crippen LogP contribution in [-0.2, 0) is 25.7 Å². The summed E-state index contributed by atoms with van der Waals surface area (Å²) in [7, 11) is -6.37. The lowest BCUT2D eigenvalue weighted by atomic mass is 9.94. The molecule has 1 aliphatic carbocycles. The second-order valence-electron chi connectivity index (χ2n) is 18.3. The lowest BCUT2D eigenvalue weighted by Gasteiger charge is -2.39. The van der Waals surface area contributed by atoms with E-state index in [1.807, 2.05) is 13.8 Å². The van der Waals surface area contributed by atoms with Crippen molar-refractivity contribution in [2.45, 2.75) is 129 Å². The maximum absolute atomic E-state index is 15.3.